The van der Waals surface area contributed by atoms with Crippen LogP contribution in [0.3, 0.4) is 0 Å². The molecule has 3 amide bonds. The maximum atomic E-state index is 13.9. The van der Waals surface area contributed by atoms with Gasteiger partial charge in [-0.2, -0.15) is 0 Å². The van der Waals surface area contributed by atoms with Crippen molar-refractivity contribution in [3.05, 3.63) is 59.2 Å². The van der Waals surface area contributed by atoms with E-state index in [4.69, 9.17) is 0 Å². The smallest absolute Gasteiger partial charge is 0.315 e. The van der Waals surface area contributed by atoms with Crippen molar-refractivity contribution in [1.29, 1.82) is 0 Å². The molecule has 0 unspecified atom stereocenters. The molecule has 158 valence electrons. The van der Waals surface area contributed by atoms with Crippen molar-refractivity contribution in [1.82, 2.24) is 20.2 Å². The molecule has 0 saturated carbocycles. The summed E-state index contributed by atoms with van der Waals surface area (Å²) in [5, 5.41) is 8.20. The molecular weight excluding hydrogens is 385 g/mol. The van der Waals surface area contributed by atoms with Crippen molar-refractivity contribution in [2.75, 3.05) is 11.9 Å². The van der Waals surface area contributed by atoms with Crippen molar-refractivity contribution in [2.45, 2.75) is 40.3 Å². The zero-order valence-corrected chi connectivity index (χ0v) is 17.5. The maximum absolute atomic E-state index is 13.9. The third-order valence-electron chi connectivity index (χ3n) is 4.61. The van der Waals surface area contributed by atoms with E-state index in [1.807, 2.05) is 38.3 Å². The molecule has 1 heterocycles. The van der Waals surface area contributed by atoms with Gasteiger partial charge in [-0.15, -0.1) is 0 Å². The van der Waals surface area contributed by atoms with Crippen LogP contribution in [0.1, 0.15) is 35.6 Å². The highest BCUT2D eigenvalue weighted by atomic mass is 19.1. The number of carbonyl (C=O) groups is 2. The summed E-state index contributed by atoms with van der Waals surface area (Å²) in [6.45, 7) is 8.49. The lowest BCUT2D eigenvalue weighted by Crippen LogP contribution is -2.40. The first-order valence-corrected chi connectivity index (χ1v) is 9.83. The number of amides is 3. The molecule has 0 saturated heterocycles. The number of rotatable bonds is 6. The lowest BCUT2D eigenvalue weighted by atomic mass is 10.1. The summed E-state index contributed by atoms with van der Waals surface area (Å²) < 4.78 is 15.9. The Balaban J connectivity index is 1.73. The number of hydrogen-bond donors (Lipinski definition) is 3. The quantitative estimate of drug-likeness (QED) is 0.577. The Morgan fingerprint density at radius 1 is 1.13 bits per heavy atom. The largest absolute Gasteiger partial charge is 0.336 e. The zero-order chi connectivity index (χ0) is 21.8. The summed E-state index contributed by atoms with van der Waals surface area (Å²) in [5.41, 5.74) is 2.91. The number of hydrogen-bond acceptors (Lipinski definition) is 3. The molecule has 0 aliphatic carbocycles. The van der Waals surface area contributed by atoms with Crippen LogP contribution in [0.25, 0.3) is 11.0 Å². The average Bonchev–Trinajstić information content (AvgIpc) is 2.98. The number of aryl methyl sites for hydroxylation is 2. The molecule has 0 fully saturated rings. The van der Waals surface area contributed by atoms with Gasteiger partial charge in [-0.1, -0.05) is 6.07 Å². The number of aromatic nitrogens is 2. The molecule has 3 N–H and O–H groups in total. The summed E-state index contributed by atoms with van der Waals surface area (Å²) in [5.74, 6) is -0.108. The topological polar surface area (TPSA) is 88.1 Å². The Bertz CT molecular complexity index is 1090. The first kappa shape index (κ1) is 21.3. The van der Waals surface area contributed by atoms with Crippen LogP contribution in [0.15, 0.2) is 36.4 Å². The minimum Gasteiger partial charge on any atom is -0.336 e. The third kappa shape index (κ3) is 4.94. The number of imidazole rings is 1. The Morgan fingerprint density at radius 3 is 2.63 bits per heavy atom. The van der Waals surface area contributed by atoms with Gasteiger partial charge in [-0.25, -0.2) is 14.2 Å². The average molecular weight is 411 g/mol. The molecule has 1 aromatic heterocycles. The zero-order valence-electron chi connectivity index (χ0n) is 17.5. The van der Waals surface area contributed by atoms with Gasteiger partial charge < -0.3 is 20.5 Å². The molecule has 8 heteroatoms. The van der Waals surface area contributed by atoms with Crippen LogP contribution in [0.2, 0.25) is 0 Å². The van der Waals surface area contributed by atoms with E-state index < -0.39 is 11.7 Å². The molecule has 0 radical (unpaired) electrons. The number of carbonyl (C=O) groups excluding carboxylic acids is 2. The highest BCUT2D eigenvalue weighted by Crippen LogP contribution is 2.20. The summed E-state index contributed by atoms with van der Waals surface area (Å²) in [7, 11) is 0. The molecule has 7 nitrogen and oxygen atoms in total. The molecule has 30 heavy (non-hydrogen) atoms. The predicted molar refractivity (Wildman–Crippen MR) is 115 cm³/mol. The fourth-order valence-electron chi connectivity index (χ4n) is 3.20. The van der Waals surface area contributed by atoms with E-state index in [1.54, 1.807) is 24.3 Å². The maximum Gasteiger partial charge on any atom is 0.315 e. The highest BCUT2D eigenvalue weighted by Gasteiger charge is 2.14. The van der Waals surface area contributed by atoms with Gasteiger partial charge in [0.1, 0.15) is 11.6 Å². The van der Waals surface area contributed by atoms with Crippen LogP contribution in [0, 0.1) is 19.7 Å². The Kier molecular flexibility index (Phi) is 6.34. The summed E-state index contributed by atoms with van der Waals surface area (Å²) >= 11 is 0. The second-order valence-electron chi connectivity index (χ2n) is 7.51. The molecular formula is C22H26FN5O2. The van der Waals surface area contributed by atoms with Crippen LogP contribution in [0.4, 0.5) is 14.9 Å². The van der Waals surface area contributed by atoms with E-state index in [2.05, 4.69) is 20.9 Å². The highest BCUT2D eigenvalue weighted by molar-refractivity contribution is 6.06. The molecule has 0 aliphatic rings. The van der Waals surface area contributed by atoms with Crippen molar-refractivity contribution in [3.8, 4) is 0 Å². The summed E-state index contributed by atoms with van der Waals surface area (Å²) in [6, 6.07) is 9.59. The van der Waals surface area contributed by atoms with Crippen molar-refractivity contribution in [2.24, 2.45) is 0 Å². The van der Waals surface area contributed by atoms with E-state index >= 15 is 0 Å². The van der Waals surface area contributed by atoms with Crippen molar-refractivity contribution >= 4 is 28.7 Å². The van der Waals surface area contributed by atoms with Gasteiger partial charge in [0.25, 0.3) is 5.91 Å². The van der Waals surface area contributed by atoms with Crippen LogP contribution in [0.5, 0.6) is 0 Å². The van der Waals surface area contributed by atoms with Gasteiger partial charge >= 0.3 is 6.03 Å². The first-order valence-electron chi connectivity index (χ1n) is 9.83. The number of fused-ring (bicyclic) bond motifs is 1. The number of nitrogens with zero attached hydrogens (tertiary/aromatic N) is 2. The van der Waals surface area contributed by atoms with Crippen LogP contribution in [-0.4, -0.2) is 34.1 Å². The molecule has 2 aromatic carbocycles. The number of benzene rings is 2. The van der Waals surface area contributed by atoms with Crippen LogP contribution in [-0.2, 0) is 6.54 Å². The fourth-order valence-corrected chi connectivity index (χ4v) is 3.20. The summed E-state index contributed by atoms with van der Waals surface area (Å²) in [6.07, 6.45) is 0. The second kappa shape index (κ2) is 8.94. The van der Waals surface area contributed by atoms with Crippen LogP contribution >= 0.6 is 0 Å². The number of halogens is 1. The van der Waals surface area contributed by atoms with Gasteiger partial charge in [0, 0.05) is 24.7 Å². The fraction of sp³-hybridized carbons (Fsp3) is 0.318. The van der Waals surface area contributed by atoms with Gasteiger partial charge in [-0.3, -0.25) is 4.79 Å². The van der Waals surface area contributed by atoms with Gasteiger partial charge in [0.05, 0.1) is 16.7 Å². The third-order valence-corrected chi connectivity index (χ3v) is 4.61. The van der Waals surface area contributed by atoms with E-state index in [-0.39, 0.29) is 17.8 Å². The van der Waals surface area contributed by atoms with E-state index in [0.717, 1.165) is 16.9 Å². The predicted octanol–water partition coefficient (Wildman–Crippen LogP) is 3.75. The van der Waals surface area contributed by atoms with E-state index in [9.17, 15) is 14.0 Å². The Hall–Kier alpha value is -3.42. The molecule has 0 spiro atoms. The Labute approximate surface area is 174 Å². The molecule has 3 rings (SSSR count). The SMILES string of the molecule is Cc1ccc(F)c(NC(=O)c2ccc3c(c2)nc(C)n3CCNC(=O)NC(C)C)c1. The second-order valence-corrected chi connectivity index (χ2v) is 7.51. The van der Waals surface area contributed by atoms with Crippen LogP contribution < -0.4 is 16.0 Å². The van der Waals surface area contributed by atoms with Crippen molar-refractivity contribution in [3.63, 3.8) is 0 Å². The molecule has 3 aromatic rings. The molecule has 0 bridgehead atoms. The standard InChI is InChI=1S/C22H26FN5O2/c1-13(2)25-22(30)24-9-10-28-15(4)26-19-12-16(6-8-20(19)28)21(29)27-18-11-14(3)5-7-17(18)23/h5-8,11-13H,9-10H2,1-4H3,(H,27,29)(H2,24,25,30). The van der Waals surface area contributed by atoms with Gasteiger partial charge in [0.2, 0.25) is 0 Å². The molecule has 0 aliphatic heterocycles. The number of urea groups is 1. The Morgan fingerprint density at radius 2 is 1.90 bits per heavy atom. The minimum atomic E-state index is -0.482. The lowest BCUT2D eigenvalue weighted by molar-refractivity contribution is 0.102. The van der Waals surface area contributed by atoms with Gasteiger partial charge in [-0.05, 0) is 63.6 Å². The number of anilines is 1. The van der Waals surface area contributed by atoms with Gasteiger partial charge in [0.15, 0.2) is 0 Å². The number of nitrogens with one attached hydrogen (secondary N) is 3. The summed E-state index contributed by atoms with van der Waals surface area (Å²) in [4.78, 5) is 28.8. The first-order chi connectivity index (χ1) is 14.2. The lowest BCUT2D eigenvalue weighted by Gasteiger charge is -2.11. The normalized spacial score (nSPS) is 11.0. The van der Waals surface area contributed by atoms with Crippen molar-refractivity contribution < 1.29 is 14.0 Å². The molecule has 0 atom stereocenters. The monoisotopic (exact) mass is 411 g/mol. The van der Waals surface area contributed by atoms with E-state index in [0.29, 0.717) is 24.2 Å². The minimum absolute atomic E-state index is 0.0682. The van der Waals surface area contributed by atoms with E-state index in [1.165, 1.54) is 6.07 Å².